The third-order valence-electron chi connectivity index (χ3n) is 2.70. The van der Waals surface area contributed by atoms with Gasteiger partial charge in [0.2, 0.25) is 5.89 Å². The van der Waals surface area contributed by atoms with Gasteiger partial charge in [0, 0.05) is 17.2 Å². The highest BCUT2D eigenvalue weighted by Crippen LogP contribution is 2.26. The summed E-state index contributed by atoms with van der Waals surface area (Å²) >= 11 is 0. The molecule has 0 atom stereocenters. The molecule has 6 nitrogen and oxygen atoms in total. The van der Waals surface area contributed by atoms with Crippen LogP contribution in [0.15, 0.2) is 28.8 Å². The average Bonchev–Trinajstić information content (AvgIpc) is 2.83. The Labute approximate surface area is 121 Å². The molecule has 0 saturated carbocycles. The van der Waals surface area contributed by atoms with Crippen LogP contribution in [-0.2, 0) is 6.54 Å². The molecule has 0 radical (unpaired) electrons. The molecule has 2 aromatic rings. The highest BCUT2D eigenvalue weighted by atomic mass is 19.1. The van der Waals surface area contributed by atoms with Crippen LogP contribution in [0.3, 0.4) is 0 Å². The fraction of sp³-hybridized carbons (Fsp3) is 0.357. The summed E-state index contributed by atoms with van der Waals surface area (Å²) in [5.41, 5.74) is -0.126. The maximum Gasteiger partial charge on any atom is 0.273 e. The Morgan fingerprint density at radius 3 is 2.71 bits per heavy atom. The molecule has 112 valence electrons. The number of hydrogen-bond acceptors (Lipinski definition) is 5. The predicted octanol–water partition coefficient (Wildman–Crippen LogP) is 3.28. The number of non-ortho nitro benzene ring substituents is 1. The van der Waals surface area contributed by atoms with E-state index in [1.54, 1.807) is 0 Å². The number of nitrogens with one attached hydrogen (secondary N) is 1. The molecule has 21 heavy (non-hydrogen) atoms. The monoisotopic (exact) mass is 293 g/mol. The van der Waals surface area contributed by atoms with Crippen molar-refractivity contribution >= 4 is 5.69 Å². The fourth-order valence-corrected chi connectivity index (χ4v) is 1.69. The number of nitro groups is 1. The van der Waals surface area contributed by atoms with Gasteiger partial charge in [0.25, 0.3) is 5.69 Å². The van der Waals surface area contributed by atoms with Crippen LogP contribution in [0.1, 0.15) is 26.7 Å². The molecule has 1 aromatic carbocycles. The van der Waals surface area contributed by atoms with Gasteiger partial charge in [0.05, 0.1) is 23.7 Å². The maximum atomic E-state index is 13.4. The van der Waals surface area contributed by atoms with E-state index < -0.39 is 10.7 Å². The molecule has 2 rings (SSSR count). The third-order valence-corrected chi connectivity index (χ3v) is 2.70. The van der Waals surface area contributed by atoms with Gasteiger partial charge in [-0.15, -0.1) is 0 Å². The summed E-state index contributed by atoms with van der Waals surface area (Å²) in [7, 11) is 0. The van der Waals surface area contributed by atoms with Gasteiger partial charge in [0.1, 0.15) is 5.82 Å². The highest BCUT2D eigenvalue weighted by Gasteiger charge is 2.15. The van der Waals surface area contributed by atoms with Gasteiger partial charge in [-0.1, -0.05) is 0 Å². The molecule has 0 aliphatic heterocycles. The lowest BCUT2D eigenvalue weighted by atomic mass is 10.1. The first-order valence-electron chi connectivity index (χ1n) is 6.40. The second-order valence-corrected chi connectivity index (χ2v) is 5.68. The van der Waals surface area contributed by atoms with E-state index in [4.69, 9.17) is 4.42 Å². The summed E-state index contributed by atoms with van der Waals surface area (Å²) in [5.74, 6) is 0.0418. The third kappa shape index (κ3) is 4.09. The van der Waals surface area contributed by atoms with Crippen molar-refractivity contribution in [1.29, 1.82) is 0 Å². The van der Waals surface area contributed by atoms with Crippen LogP contribution in [0.4, 0.5) is 10.1 Å². The lowest BCUT2D eigenvalue weighted by molar-refractivity contribution is -0.385. The van der Waals surface area contributed by atoms with E-state index in [-0.39, 0.29) is 16.8 Å². The molecular formula is C14H16FN3O3. The van der Waals surface area contributed by atoms with Crippen molar-refractivity contribution in [3.05, 3.63) is 46.2 Å². The van der Waals surface area contributed by atoms with Crippen LogP contribution in [0.2, 0.25) is 0 Å². The molecule has 0 aliphatic carbocycles. The maximum absolute atomic E-state index is 13.4. The summed E-state index contributed by atoms with van der Waals surface area (Å²) in [6.07, 6.45) is 1.43. The Hall–Kier alpha value is -2.28. The Kier molecular flexibility index (Phi) is 4.04. The molecule has 7 heteroatoms. The van der Waals surface area contributed by atoms with Crippen molar-refractivity contribution in [3.8, 4) is 11.3 Å². The topological polar surface area (TPSA) is 81.2 Å². The number of nitro benzene ring substituents is 1. The van der Waals surface area contributed by atoms with Gasteiger partial charge in [0.15, 0.2) is 5.76 Å². The van der Waals surface area contributed by atoms with Crippen LogP contribution < -0.4 is 5.32 Å². The van der Waals surface area contributed by atoms with E-state index >= 15 is 0 Å². The van der Waals surface area contributed by atoms with E-state index in [1.165, 1.54) is 18.3 Å². The highest BCUT2D eigenvalue weighted by molar-refractivity contribution is 5.60. The van der Waals surface area contributed by atoms with Crippen LogP contribution in [0.5, 0.6) is 0 Å². The van der Waals surface area contributed by atoms with E-state index in [0.29, 0.717) is 18.2 Å². The fourth-order valence-electron chi connectivity index (χ4n) is 1.69. The van der Waals surface area contributed by atoms with Crippen LogP contribution in [0.25, 0.3) is 11.3 Å². The molecular weight excluding hydrogens is 277 g/mol. The summed E-state index contributed by atoms with van der Waals surface area (Å²) in [4.78, 5) is 14.2. The number of hydrogen-bond donors (Lipinski definition) is 1. The molecule has 1 aromatic heterocycles. The molecule has 0 bridgehead atoms. The SMILES string of the molecule is CC(C)(C)NCc1ncc(-c2cc(F)cc([N+](=O)[O-])c2)o1. The van der Waals surface area contributed by atoms with E-state index in [9.17, 15) is 14.5 Å². The van der Waals surface area contributed by atoms with Gasteiger partial charge < -0.3 is 9.73 Å². The molecule has 0 spiro atoms. The van der Waals surface area contributed by atoms with E-state index in [2.05, 4.69) is 10.3 Å². The van der Waals surface area contributed by atoms with Gasteiger partial charge in [-0.2, -0.15) is 0 Å². The predicted molar refractivity (Wildman–Crippen MR) is 75.1 cm³/mol. The van der Waals surface area contributed by atoms with E-state index in [0.717, 1.165) is 6.07 Å². The minimum atomic E-state index is -0.690. The number of rotatable bonds is 4. The largest absolute Gasteiger partial charge is 0.439 e. The first kappa shape index (κ1) is 15.1. The van der Waals surface area contributed by atoms with Crippen LogP contribution in [0, 0.1) is 15.9 Å². The Bertz CT molecular complexity index is 662. The summed E-state index contributed by atoms with van der Waals surface area (Å²) < 4.78 is 18.9. The van der Waals surface area contributed by atoms with Gasteiger partial charge >= 0.3 is 0 Å². The number of benzene rings is 1. The number of oxazole rings is 1. The minimum absolute atomic E-state index is 0.0910. The molecule has 0 saturated heterocycles. The van der Waals surface area contributed by atoms with Crippen molar-refractivity contribution in [2.75, 3.05) is 0 Å². The zero-order valence-corrected chi connectivity index (χ0v) is 12.0. The Morgan fingerprint density at radius 1 is 1.38 bits per heavy atom. The van der Waals surface area contributed by atoms with Crippen molar-refractivity contribution in [3.63, 3.8) is 0 Å². The summed E-state index contributed by atoms with van der Waals surface area (Å²) in [6.45, 7) is 6.44. The lowest BCUT2D eigenvalue weighted by Gasteiger charge is -2.18. The molecule has 0 unspecified atom stereocenters. The Morgan fingerprint density at radius 2 is 2.10 bits per heavy atom. The first-order chi connectivity index (χ1) is 9.74. The standard InChI is InChI=1S/C14H16FN3O3/c1-14(2,3)17-8-13-16-7-12(21-13)9-4-10(15)6-11(5-9)18(19)20/h4-7,17H,8H2,1-3H3. The first-order valence-corrected chi connectivity index (χ1v) is 6.40. The summed E-state index contributed by atoms with van der Waals surface area (Å²) in [5, 5.41) is 13.9. The molecule has 0 aliphatic rings. The van der Waals surface area contributed by atoms with Crippen molar-refractivity contribution < 1.29 is 13.7 Å². The molecule has 1 N–H and O–H groups in total. The quantitative estimate of drug-likeness (QED) is 0.691. The van der Waals surface area contributed by atoms with E-state index in [1.807, 2.05) is 20.8 Å². The zero-order chi connectivity index (χ0) is 15.6. The minimum Gasteiger partial charge on any atom is -0.439 e. The lowest BCUT2D eigenvalue weighted by Crippen LogP contribution is -2.35. The smallest absolute Gasteiger partial charge is 0.273 e. The normalized spacial score (nSPS) is 11.6. The van der Waals surface area contributed by atoms with Crippen LogP contribution in [-0.4, -0.2) is 15.4 Å². The second-order valence-electron chi connectivity index (χ2n) is 5.68. The Balaban J connectivity index is 2.23. The number of nitrogens with zero attached hydrogens (tertiary/aromatic N) is 2. The average molecular weight is 293 g/mol. The van der Waals surface area contributed by atoms with Gasteiger partial charge in [-0.3, -0.25) is 10.1 Å². The van der Waals surface area contributed by atoms with Gasteiger partial charge in [-0.25, -0.2) is 9.37 Å². The zero-order valence-electron chi connectivity index (χ0n) is 12.0. The van der Waals surface area contributed by atoms with Crippen molar-refractivity contribution in [2.45, 2.75) is 32.9 Å². The van der Waals surface area contributed by atoms with Gasteiger partial charge in [-0.05, 0) is 26.8 Å². The molecule has 1 heterocycles. The molecule has 0 fully saturated rings. The van der Waals surface area contributed by atoms with Crippen molar-refractivity contribution in [1.82, 2.24) is 10.3 Å². The van der Waals surface area contributed by atoms with Crippen molar-refractivity contribution in [2.24, 2.45) is 0 Å². The number of aromatic nitrogens is 1. The van der Waals surface area contributed by atoms with Crippen LogP contribution >= 0.6 is 0 Å². The molecule has 0 amide bonds. The number of halogens is 1. The summed E-state index contributed by atoms with van der Waals surface area (Å²) in [6, 6.07) is 3.29. The second kappa shape index (κ2) is 5.61.